The van der Waals surface area contributed by atoms with Gasteiger partial charge in [0.1, 0.15) is 5.75 Å². The molecule has 1 aliphatic heterocycles. The van der Waals surface area contributed by atoms with E-state index in [0.717, 1.165) is 28.4 Å². The van der Waals surface area contributed by atoms with E-state index in [-0.39, 0.29) is 12.8 Å². The molecule has 1 unspecified atom stereocenters. The van der Waals surface area contributed by atoms with Crippen LogP contribution in [0.3, 0.4) is 0 Å². The molecule has 19 heavy (non-hydrogen) atoms. The Kier molecular flexibility index (Phi) is 3.01. The van der Waals surface area contributed by atoms with Crippen LogP contribution >= 0.6 is 0 Å². The Morgan fingerprint density at radius 1 is 1.00 bits per heavy atom. The molecule has 2 aromatic carbocycles. The summed E-state index contributed by atoms with van der Waals surface area (Å²) in [7, 11) is 1.65. The Bertz CT molecular complexity index is 580. The highest BCUT2D eigenvalue weighted by Gasteiger charge is 2.16. The summed E-state index contributed by atoms with van der Waals surface area (Å²) in [5, 5.41) is 0. The first-order chi connectivity index (χ1) is 9.28. The minimum atomic E-state index is -0.194. The molecule has 0 amide bonds. The fourth-order valence-corrected chi connectivity index (χ4v) is 2.11. The lowest BCUT2D eigenvalue weighted by atomic mass is 9.99. The molecule has 3 rings (SSSR count). The number of benzene rings is 2. The van der Waals surface area contributed by atoms with Crippen molar-refractivity contribution in [1.29, 1.82) is 0 Å². The maximum Gasteiger partial charge on any atom is 0.231 e. The number of fused-ring (bicyclic) bond motifs is 1. The fraction of sp³-hybridized carbons (Fsp3) is 0.200. The van der Waals surface area contributed by atoms with Gasteiger partial charge in [-0.2, -0.15) is 0 Å². The van der Waals surface area contributed by atoms with Crippen LogP contribution < -0.4 is 19.9 Å². The molecule has 2 aromatic rings. The van der Waals surface area contributed by atoms with Crippen LogP contribution in [0.5, 0.6) is 17.2 Å². The number of nitrogens with two attached hydrogens (primary N) is 1. The lowest BCUT2D eigenvalue weighted by Crippen LogP contribution is -2.11. The molecule has 1 aliphatic rings. The molecule has 0 spiro atoms. The summed E-state index contributed by atoms with van der Waals surface area (Å²) in [6, 6.07) is 13.3. The van der Waals surface area contributed by atoms with Crippen LogP contribution in [0, 0.1) is 0 Å². The lowest BCUT2D eigenvalue weighted by molar-refractivity contribution is 0.174. The quantitative estimate of drug-likeness (QED) is 0.917. The van der Waals surface area contributed by atoms with Crippen LogP contribution in [0.1, 0.15) is 17.2 Å². The number of ether oxygens (including phenoxy) is 3. The van der Waals surface area contributed by atoms with Gasteiger partial charge in [0.2, 0.25) is 6.79 Å². The van der Waals surface area contributed by atoms with Gasteiger partial charge < -0.3 is 19.9 Å². The average molecular weight is 257 g/mol. The summed E-state index contributed by atoms with van der Waals surface area (Å²) in [6.07, 6.45) is 0. The van der Waals surface area contributed by atoms with Crippen molar-refractivity contribution >= 4 is 0 Å². The summed E-state index contributed by atoms with van der Waals surface area (Å²) >= 11 is 0. The van der Waals surface area contributed by atoms with Gasteiger partial charge in [0, 0.05) is 0 Å². The van der Waals surface area contributed by atoms with E-state index in [1.54, 1.807) is 7.11 Å². The molecule has 0 saturated carbocycles. The zero-order chi connectivity index (χ0) is 13.2. The topological polar surface area (TPSA) is 53.7 Å². The van der Waals surface area contributed by atoms with Crippen molar-refractivity contribution in [3.63, 3.8) is 0 Å². The predicted molar refractivity (Wildman–Crippen MR) is 71.6 cm³/mol. The van der Waals surface area contributed by atoms with E-state index >= 15 is 0 Å². The van der Waals surface area contributed by atoms with Crippen LogP contribution in [0.15, 0.2) is 42.5 Å². The minimum Gasteiger partial charge on any atom is -0.497 e. The van der Waals surface area contributed by atoms with E-state index in [4.69, 9.17) is 19.9 Å². The summed E-state index contributed by atoms with van der Waals surface area (Å²) < 4.78 is 15.8. The Morgan fingerprint density at radius 2 is 1.68 bits per heavy atom. The van der Waals surface area contributed by atoms with Crippen molar-refractivity contribution in [2.45, 2.75) is 6.04 Å². The van der Waals surface area contributed by atoms with Gasteiger partial charge >= 0.3 is 0 Å². The second-order valence-corrected chi connectivity index (χ2v) is 4.36. The zero-order valence-corrected chi connectivity index (χ0v) is 10.6. The molecule has 1 atom stereocenters. The van der Waals surface area contributed by atoms with Crippen molar-refractivity contribution in [1.82, 2.24) is 0 Å². The van der Waals surface area contributed by atoms with Gasteiger partial charge in [-0.05, 0) is 35.4 Å². The van der Waals surface area contributed by atoms with Crippen molar-refractivity contribution in [2.24, 2.45) is 5.73 Å². The minimum absolute atomic E-state index is 0.194. The van der Waals surface area contributed by atoms with Gasteiger partial charge in [-0.25, -0.2) is 0 Å². The molecule has 0 saturated heterocycles. The maximum atomic E-state index is 6.26. The first kappa shape index (κ1) is 11.9. The van der Waals surface area contributed by atoms with E-state index in [9.17, 15) is 0 Å². The number of hydrogen-bond donors (Lipinski definition) is 1. The first-order valence-corrected chi connectivity index (χ1v) is 6.07. The monoisotopic (exact) mass is 257 g/mol. The van der Waals surface area contributed by atoms with E-state index in [2.05, 4.69) is 0 Å². The second-order valence-electron chi connectivity index (χ2n) is 4.36. The smallest absolute Gasteiger partial charge is 0.231 e. The van der Waals surface area contributed by atoms with Gasteiger partial charge in [0.15, 0.2) is 11.5 Å². The average Bonchev–Trinajstić information content (AvgIpc) is 2.94. The second kappa shape index (κ2) is 4.82. The Hall–Kier alpha value is -2.20. The molecule has 4 nitrogen and oxygen atoms in total. The molecule has 4 heteroatoms. The van der Waals surface area contributed by atoms with E-state index < -0.39 is 0 Å². The third kappa shape index (κ3) is 2.22. The molecular formula is C15H15NO3. The Balaban J connectivity index is 1.88. The van der Waals surface area contributed by atoms with Crippen molar-refractivity contribution in [2.75, 3.05) is 13.9 Å². The molecule has 0 bridgehead atoms. The molecule has 0 aromatic heterocycles. The van der Waals surface area contributed by atoms with E-state index in [0.29, 0.717) is 0 Å². The third-order valence-electron chi connectivity index (χ3n) is 3.23. The lowest BCUT2D eigenvalue weighted by Gasteiger charge is -2.13. The molecular weight excluding hydrogens is 242 g/mol. The molecule has 0 radical (unpaired) electrons. The van der Waals surface area contributed by atoms with Crippen LogP contribution in [0.25, 0.3) is 0 Å². The van der Waals surface area contributed by atoms with Crippen molar-refractivity contribution in [3.05, 3.63) is 53.6 Å². The van der Waals surface area contributed by atoms with Gasteiger partial charge in [0.25, 0.3) is 0 Å². The SMILES string of the molecule is COc1ccc(C(N)c2ccc3c(c2)OCO3)cc1. The summed E-state index contributed by atoms with van der Waals surface area (Å²) in [6.45, 7) is 0.274. The highest BCUT2D eigenvalue weighted by molar-refractivity contribution is 5.47. The van der Waals surface area contributed by atoms with Gasteiger partial charge in [-0.15, -0.1) is 0 Å². The molecule has 1 heterocycles. The van der Waals surface area contributed by atoms with Crippen molar-refractivity contribution < 1.29 is 14.2 Å². The molecule has 0 aliphatic carbocycles. The highest BCUT2D eigenvalue weighted by Crippen LogP contribution is 2.35. The standard InChI is InChI=1S/C15H15NO3/c1-17-12-5-2-10(3-6-12)15(16)11-4-7-13-14(8-11)19-9-18-13/h2-8,15H,9,16H2,1H3. The molecule has 0 fully saturated rings. The van der Waals surface area contributed by atoms with Crippen LogP contribution in [0.2, 0.25) is 0 Å². The molecule has 98 valence electrons. The van der Waals surface area contributed by atoms with E-state index in [1.807, 2.05) is 42.5 Å². The van der Waals surface area contributed by atoms with Crippen LogP contribution in [0.4, 0.5) is 0 Å². The largest absolute Gasteiger partial charge is 0.497 e. The molecule has 2 N–H and O–H groups in total. The van der Waals surface area contributed by atoms with Crippen molar-refractivity contribution in [3.8, 4) is 17.2 Å². The highest BCUT2D eigenvalue weighted by atomic mass is 16.7. The zero-order valence-electron chi connectivity index (χ0n) is 10.6. The first-order valence-electron chi connectivity index (χ1n) is 6.07. The summed E-state index contributed by atoms with van der Waals surface area (Å²) in [4.78, 5) is 0. The van der Waals surface area contributed by atoms with Crippen LogP contribution in [-0.4, -0.2) is 13.9 Å². The summed E-state index contributed by atoms with van der Waals surface area (Å²) in [5.41, 5.74) is 8.29. The number of rotatable bonds is 3. The maximum absolute atomic E-state index is 6.26. The normalized spacial score (nSPS) is 14.2. The Labute approximate surface area is 111 Å². The predicted octanol–water partition coefficient (Wildman–Crippen LogP) is 2.47. The number of hydrogen-bond acceptors (Lipinski definition) is 4. The summed E-state index contributed by atoms with van der Waals surface area (Å²) in [5.74, 6) is 2.34. The van der Waals surface area contributed by atoms with Crippen LogP contribution in [-0.2, 0) is 0 Å². The number of methoxy groups -OCH3 is 1. The fourth-order valence-electron chi connectivity index (χ4n) is 2.11. The van der Waals surface area contributed by atoms with Gasteiger partial charge in [-0.3, -0.25) is 0 Å². The Morgan fingerprint density at radius 3 is 2.42 bits per heavy atom. The third-order valence-corrected chi connectivity index (χ3v) is 3.23. The van der Waals surface area contributed by atoms with Gasteiger partial charge in [0.05, 0.1) is 13.2 Å². The van der Waals surface area contributed by atoms with Gasteiger partial charge in [-0.1, -0.05) is 18.2 Å². The van der Waals surface area contributed by atoms with E-state index in [1.165, 1.54) is 0 Å².